The number of rotatable bonds is 4. The standard InChI is InChI=1S/C25H23N3O3/c1-16-14-20(17(2)28(16)19-9-4-3-5-10-19)22(29)15-27-23(30)25(26-24(27)31)13-12-18-8-6-7-11-21(18)25/h3-11,14H,12-13,15H2,1-2H3,(H,26,31)/t25-/m0/s1. The predicted molar refractivity (Wildman–Crippen MR) is 116 cm³/mol. The van der Waals surface area contributed by atoms with E-state index >= 15 is 0 Å². The Hall–Kier alpha value is -3.67. The summed E-state index contributed by atoms with van der Waals surface area (Å²) in [6.07, 6.45) is 1.24. The van der Waals surface area contributed by atoms with E-state index in [1.54, 1.807) is 0 Å². The Morgan fingerprint density at radius 3 is 2.52 bits per heavy atom. The van der Waals surface area contributed by atoms with Gasteiger partial charge in [0.2, 0.25) is 0 Å². The molecular weight excluding hydrogens is 390 g/mol. The van der Waals surface area contributed by atoms with Gasteiger partial charge in [0.05, 0.1) is 6.54 Å². The van der Waals surface area contributed by atoms with Gasteiger partial charge in [0.25, 0.3) is 5.91 Å². The zero-order chi connectivity index (χ0) is 21.8. The second-order valence-electron chi connectivity index (χ2n) is 8.26. The summed E-state index contributed by atoms with van der Waals surface area (Å²) in [5.41, 5.74) is 4.06. The fraction of sp³-hybridized carbons (Fsp3) is 0.240. The largest absolute Gasteiger partial charge is 0.325 e. The number of imide groups is 1. The SMILES string of the molecule is Cc1cc(C(=O)CN2C(=O)N[C@]3(CCc4ccccc43)C2=O)c(C)n1-c1ccccc1. The van der Waals surface area contributed by atoms with Crippen LogP contribution in [0.1, 0.15) is 39.3 Å². The van der Waals surface area contributed by atoms with E-state index in [4.69, 9.17) is 0 Å². The number of nitrogens with zero attached hydrogens (tertiary/aromatic N) is 2. The van der Waals surface area contributed by atoms with Crippen LogP contribution in [-0.4, -0.2) is 33.7 Å². The minimum atomic E-state index is -1.05. The quantitative estimate of drug-likeness (QED) is 0.524. The van der Waals surface area contributed by atoms with Gasteiger partial charge in [-0.1, -0.05) is 42.5 Å². The van der Waals surface area contributed by atoms with Crippen molar-refractivity contribution in [2.75, 3.05) is 6.54 Å². The summed E-state index contributed by atoms with van der Waals surface area (Å²) < 4.78 is 2.01. The Morgan fingerprint density at radius 2 is 1.74 bits per heavy atom. The molecule has 3 amide bonds. The summed E-state index contributed by atoms with van der Waals surface area (Å²) in [5.74, 6) is -0.588. The zero-order valence-electron chi connectivity index (χ0n) is 17.5. The summed E-state index contributed by atoms with van der Waals surface area (Å²) >= 11 is 0. The highest BCUT2D eigenvalue weighted by Crippen LogP contribution is 2.41. The maximum Gasteiger partial charge on any atom is 0.325 e. The normalized spacial score (nSPS) is 19.7. The molecule has 1 aliphatic heterocycles. The van der Waals surface area contributed by atoms with E-state index < -0.39 is 11.6 Å². The summed E-state index contributed by atoms with van der Waals surface area (Å²) in [5, 5.41) is 2.88. The number of Topliss-reactive ketones (excluding diaryl/α,β-unsaturated/α-hetero) is 1. The van der Waals surface area contributed by atoms with Gasteiger partial charge in [0, 0.05) is 22.6 Å². The number of para-hydroxylation sites is 1. The van der Waals surface area contributed by atoms with Gasteiger partial charge in [-0.2, -0.15) is 0 Å². The number of carbonyl (C=O) groups is 3. The molecule has 31 heavy (non-hydrogen) atoms. The summed E-state index contributed by atoms with van der Waals surface area (Å²) in [6, 6.07) is 18.8. The number of ketones is 1. The van der Waals surface area contributed by atoms with Gasteiger partial charge in [-0.25, -0.2) is 4.79 Å². The lowest BCUT2D eigenvalue weighted by atomic mass is 9.92. The van der Waals surface area contributed by atoms with E-state index in [9.17, 15) is 14.4 Å². The molecule has 1 N–H and O–H groups in total. The van der Waals surface area contributed by atoms with E-state index in [0.29, 0.717) is 12.0 Å². The van der Waals surface area contributed by atoms with Gasteiger partial charge in [0.15, 0.2) is 5.78 Å². The maximum absolute atomic E-state index is 13.3. The molecule has 1 aromatic heterocycles. The lowest BCUT2D eigenvalue weighted by Crippen LogP contribution is -2.42. The first-order chi connectivity index (χ1) is 14.9. The number of nitrogens with one attached hydrogen (secondary N) is 1. The van der Waals surface area contributed by atoms with Gasteiger partial charge >= 0.3 is 6.03 Å². The topological polar surface area (TPSA) is 71.4 Å². The molecule has 6 nitrogen and oxygen atoms in total. The number of fused-ring (bicyclic) bond motifs is 2. The molecule has 5 rings (SSSR count). The fourth-order valence-electron chi connectivity index (χ4n) is 4.98. The Labute approximate surface area is 180 Å². The molecule has 2 aliphatic rings. The highest BCUT2D eigenvalue weighted by atomic mass is 16.2. The monoisotopic (exact) mass is 413 g/mol. The highest BCUT2D eigenvalue weighted by Gasteiger charge is 2.55. The molecule has 3 aromatic rings. The highest BCUT2D eigenvalue weighted by molar-refractivity contribution is 6.12. The van der Waals surface area contributed by atoms with Crippen LogP contribution in [0, 0.1) is 13.8 Å². The third-order valence-corrected chi connectivity index (χ3v) is 6.47. The first-order valence-corrected chi connectivity index (χ1v) is 10.4. The minimum Gasteiger partial charge on any atom is -0.319 e. The maximum atomic E-state index is 13.3. The van der Waals surface area contributed by atoms with Crippen molar-refractivity contribution in [3.05, 3.63) is 88.7 Å². The fourth-order valence-corrected chi connectivity index (χ4v) is 4.98. The van der Waals surface area contributed by atoms with Crippen LogP contribution in [0.3, 0.4) is 0 Å². The lowest BCUT2D eigenvalue weighted by Gasteiger charge is -2.22. The van der Waals surface area contributed by atoms with Crippen molar-refractivity contribution >= 4 is 17.7 Å². The van der Waals surface area contributed by atoms with Crippen molar-refractivity contribution < 1.29 is 14.4 Å². The van der Waals surface area contributed by atoms with E-state index in [1.165, 1.54) is 0 Å². The van der Waals surface area contributed by atoms with Crippen LogP contribution in [0.2, 0.25) is 0 Å². The number of carbonyl (C=O) groups excluding carboxylic acids is 3. The number of urea groups is 1. The average molecular weight is 413 g/mol. The number of benzene rings is 2. The van der Waals surface area contributed by atoms with Crippen LogP contribution in [0.25, 0.3) is 5.69 Å². The second kappa shape index (κ2) is 6.94. The molecule has 1 atom stereocenters. The Balaban J connectivity index is 1.43. The Kier molecular flexibility index (Phi) is 4.32. The molecule has 0 unspecified atom stereocenters. The number of aryl methyl sites for hydroxylation is 2. The van der Waals surface area contributed by atoms with Crippen molar-refractivity contribution in [3.63, 3.8) is 0 Å². The molecule has 0 radical (unpaired) electrons. The Morgan fingerprint density at radius 1 is 1.03 bits per heavy atom. The smallest absolute Gasteiger partial charge is 0.319 e. The molecule has 1 spiro atoms. The van der Waals surface area contributed by atoms with Gasteiger partial charge in [0.1, 0.15) is 5.54 Å². The lowest BCUT2D eigenvalue weighted by molar-refractivity contribution is -0.131. The molecule has 156 valence electrons. The summed E-state index contributed by atoms with van der Waals surface area (Å²) in [6.45, 7) is 3.55. The molecule has 6 heteroatoms. The molecule has 1 fully saturated rings. The third kappa shape index (κ3) is 2.82. The molecule has 0 bridgehead atoms. The van der Waals surface area contributed by atoms with Gasteiger partial charge in [-0.3, -0.25) is 14.5 Å². The van der Waals surface area contributed by atoms with Crippen molar-refractivity contribution in [1.82, 2.24) is 14.8 Å². The predicted octanol–water partition coefficient (Wildman–Crippen LogP) is 3.67. The van der Waals surface area contributed by atoms with Crippen LogP contribution in [0.4, 0.5) is 4.79 Å². The number of hydrogen-bond acceptors (Lipinski definition) is 3. The molecular formula is C25H23N3O3. The number of aromatic nitrogens is 1. The molecule has 1 saturated heterocycles. The summed E-state index contributed by atoms with van der Waals surface area (Å²) in [4.78, 5) is 40.3. The molecule has 2 aromatic carbocycles. The van der Waals surface area contributed by atoms with E-state index in [-0.39, 0.29) is 18.2 Å². The summed E-state index contributed by atoms with van der Waals surface area (Å²) in [7, 11) is 0. The van der Waals surface area contributed by atoms with Crippen molar-refractivity contribution in [2.45, 2.75) is 32.2 Å². The van der Waals surface area contributed by atoms with E-state index in [2.05, 4.69) is 5.32 Å². The second-order valence-corrected chi connectivity index (χ2v) is 8.26. The average Bonchev–Trinajstić information content (AvgIpc) is 3.37. The Bertz CT molecular complexity index is 1230. The molecule has 0 saturated carbocycles. The molecule has 1 aliphatic carbocycles. The van der Waals surface area contributed by atoms with Crippen molar-refractivity contribution in [2.24, 2.45) is 0 Å². The van der Waals surface area contributed by atoms with Crippen LogP contribution in [0.5, 0.6) is 0 Å². The first-order valence-electron chi connectivity index (χ1n) is 10.4. The first kappa shape index (κ1) is 19.3. The van der Waals surface area contributed by atoms with Crippen LogP contribution >= 0.6 is 0 Å². The van der Waals surface area contributed by atoms with E-state index in [1.807, 2.05) is 79.1 Å². The van der Waals surface area contributed by atoms with Gasteiger partial charge in [-0.15, -0.1) is 0 Å². The minimum absolute atomic E-state index is 0.248. The van der Waals surface area contributed by atoms with Crippen LogP contribution in [-0.2, 0) is 16.8 Å². The van der Waals surface area contributed by atoms with Crippen molar-refractivity contribution in [3.8, 4) is 5.69 Å². The van der Waals surface area contributed by atoms with Crippen LogP contribution in [0.15, 0.2) is 60.7 Å². The van der Waals surface area contributed by atoms with Gasteiger partial charge in [-0.05, 0) is 56.0 Å². The van der Waals surface area contributed by atoms with E-state index in [0.717, 1.165) is 39.5 Å². The number of amides is 3. The van der Waals surface area contributed by atoms with Crippen LogP contribution < -0.4 is 5.32 Å². The number of hydrogen-bond donors (Lipinski definition) is 1. The van der Waals surface area contributed by atoms with Crippen molar-refractivity contribution in [1.29, 1.82) is 0 Å². The third-order valence-electron chi connectivity index (χ3n) is 6.47. The molecule has 2 heterocycles. The zero-order valence-corrected chi connectivity index (χ0v) is 17.5. The van der Waals surface area contributed by atoms with Gasteiger partial charge < -0.3 is 9.88 Å².